The Kier molecular flexibility index (Phi) is 4.81. The predicted octanol–water partition coefficient (Wildman–Crippen LogP) is 3.64. The van der Waals surface area contributed by atoms with Crippen molar-refractivity contribution in [3.05, 3.63) is 18.1 Å². The van der Waals surface area contributed by atoms with Gasteiger partial charge in [0.15, 0.2) is 0 Å². The maximum absolute atomic E-state index is 6.14. The number of rotatable bonds is 6. The van der Waals surface area contributed by atoms with Gasteiger partial charge in [-0.1, -0.05) is 26.2 Å². The summed E-state index contributed by atoms with van der Waals surface area (Å²) in [5.41, 5.74) is 1.39. The molecule has 1 saturated carbocycles. The number of aromatic nitrogens is 2. The maximum atomic E-state index is 6.14. The van der Waals surface area contributed by atoms with E-state index in [9.17, 15) is 0 Å². The Morgan fingerprint density at radius 3 is 2.78 bits per heavy atom. The Bertz CT molecular complexity index is 375. The SMILES string of the molecule is CCCc1cc(NCC2(CCl)CCCC2)ncn1. The van der Waals surface area contributed by atoms with Gasteiger partial charge in [0.25, 0.3) is 0 Å². The van der Waals surface area contributed by atoms with Crippen LogP contribution in [0.25, 0.3) is 0 Å². The lowest BCUT2D eigenvalue weighted by Crippen LogP contribution is -2.28. The second-order valence-corrected chi connectivity index (χ2v) is 5.61. The number of anilines is 1. The van der Waals surface area contributed by atoms with Crippen LogP contribution in [-0.4, -0.2) is 22.4 Å². The minimum atomic E-state index is 0.275. The largest absolute Gasteiger partial charge is 0.369 e. The molecule has 0 bridgehead atoms. The van der Waals surface area contributed by atoms with Gasteiger partial charge >= 0.3 is 0 Å². The number of nitrogens with one attached hydrogen (secondary N) is 1. The molecule has 1 aliphatic rings. The number of aryl methyl sites for hydroxylation is 1. The zero-order valence-corrected chi connectivity index (χ0v) is 11.8. The highest BCUT2D eigenvalue weighted by atomic mass is 35.5. The average molecular weight is 268 g/mol. The molecule has 2 rings (SSSR count). The van der Waals surface area contributed by atoms with Gasteiger partial charge in [-0.05, 0) is 19.3 Å². The minimum Gasteiger partial charge on any atom is -0.369 e. The van der Waals surface area contributed by atoms with Gasteiger partial charge in [0, 0.05) is 29.6 Å². The van der Waals surface area contributed by atoms with Crippen LogP contribution in [0.4, 0.5) is 5.82 Å². The van der Waals surface area contributed by atoms with Gasteiger partial charge in [0.05, 0.1) is 0 Å². The molecule has 100 valence electrons. The fourth-order valence-electron chi connectivity index (χ4n) is 2.65. The van der Waals surface area contributed by atoms with E-state index in [1.807, 2.05) is 0 Å². The van der Waals surface area contributed by atoms with Crippen molar-refractivity contribution in [3.8, 4) is 0 Å². The van der Waals surface area contributed by atoms with Crippen molar-refractivity contribution in [2.24, 2.45) is 5.41 Å². The third kappa shape index (κ3) is 3.35. The van der Waals surface area contributed by atoms with E-state index in [0.717, 1.165) is 36.8 Å². The molecule has 1 heterocycles. The molecule has 0 radical (unpaired) electrons. The van der Waals surface area contributed by atoms with Crippen LogP contribution < -0.4 is 5.32 Å². The van der Waals surface area contributed by atoms with Crippen LogP contribution in [0.3, 0.4) is 0 Å². The lowest BCUT2D eigenvalue weighted by Gasteiger charge is -2.26. The van der Waals surface area contributed by atoms with Gasteiger partial charge in [0.1, 0.15) is 12.1 Å². The highest BCUT2D eigenvalue weighted by Crippen LogP contribution is 2.39. The van der Waals surface area contributed by atoms with E-state index in [1.165, 1.54) is 25.7 Å². The molecule has 1 aliphatic carbocycles. The minimum absolute atomic E-state index is 0.275. The molecular formula is C14H22ClN3. The topological polar surface area (TPSA) is 37.8 Å². The predicted molar refractivity (Wildman–Crippen MR) is 76.1 cm³/mol. The van der Waals surface area contributed by atoms with Gasteiger partial charge in [-0.15, -0.1) is 11.6 Å². The van der Waals surface area contributed by atoms with E-state index in [-0.39, 0.29) is 5.41 Å². The van der Waals surface area contributed by atoms with Crippen molar-refractivity contribution in [2.45, 2.75) is 45.4 Å². The fraction of sp³-hybridized carbons (Fsp3) is 0.714. The molecule has 1 N–H and O–H groups in total. The summed E-state index contributed by atoms with van der Waals surface area (Å²) in [4.78, 5) is 8.55. The maximum Gasteiger partial charge on any atom is 0.129 e. The third-order valence-electron chi connectivity index (χ3n) is 3.82. The zero-order chi connectivity index (χ0) is 12.8. The van der Waals surface area contributed by atoms with E-state index in [0.29, 0.717) is 0 Å². The molecule has 0 saturated heterocycles. The first-order valence-electron chi connectivity index (χ1n) is 6.89. The molecule has 1 fully saturated rings. The molecule has 0 aliphatic heterocycles. The Hall–Kier alpha value is -0.830. The monoisotopic (exact) mass is 267 g/mol. The van der Waals surface area contributed by atoms with Crippen LogP contribution in [0.15, 0.2) is 12.4 Å². The lowest BCUT2D eigenvalue weighted by atomic mass is 9.88. The molecule has 0 amide bonds. The van der Waals surface area contributed by atoms with Crippen LogP contribution in [0.5, 0.6) is 0 Å². The van der Waals surface area contributed by atoms with Crippen molar-refractivity contribution in [1.82, 2.24) is 9.97 Å². The summed E-state index contributed by atoms with van der Waals surface area (Å²) in [7, 11) is 0. The van der Waals surface area contributed by atoms with Crippen molar-refractivity contribution >= 4 is 17.4 Å². The molecule has 0 aromatic carbocycles. The van der Waals surface area contributed by atoms with Crippen molar-refractivity contribution in [3.63, 3.8) is 0 Å². The van der Waals surface area contributed by atoms with Gasteiger partial charge in [-0.2, -0.15) is 0 Å². The molecule has 0 unspecified atom stereocenters. The van der Waals surface area contributed by atoms with Gasteiger partial charge in [0.2, 0.25) is 0 Å². The third-order valence-corrected chi connectivity index (χ3v) is 4.39. The smallest absolute Gasteiger partial charge is 0.129 e. The van der Waals surface area contributed by atoms with Crippen LogP contribution in [0.1, 0.15) is 44.7 Å². The van der Waals surface area contributed by atoms with Crippen molar-refractivity contribution in [2.75, 3.05) is 17.7 Å². The molecular weight excluding hydrogens is 246 g/mol. The van der Waals surface area contributed by atoms with E-state index in [4.69, 9.17) is 11.6 Å². The summed E-state index contributed by atoms with van der Waals surface area (Å²) in [6.45, 7) is 3.09. The quantitative estimate of drug-likeness (QED) is 0.800. The zero-order valence-electron chi connectivity index (χ0n) is 11.1. The summed E-state index contributed by atoms with van der Waals surface area (Å²) in [5.74, 6) is 1.68. The second kappa shape index (κ2) is 6.37. The molecule has 0 spiro atoms. The van der Waals surface area contributed by atoms with E-state index >= 15 is 0 Å². The standard InChI is InChI=1S/C14H22ClN3/c1-2-5-12-8-13(18-11-17-12)16-10-14(9-15)6-3-4-7-14/h8,11H,2-7,9-10H2,1H3,(H,16,17,18). The first kappa shape index (κ1) is 13.6. The summed E-state index contributed by atoms with van der Waals surface area (Å²) >= 11 is 6.14. The van der Waals surface area contributed by atoms with Gasteiger partial charge < -0.3 is 5.32 Å². The van der Waals surface area contributed by atoms with Crippen molar-refractivity contribution in [1.29, 1.82) is 0 Å². The Labute approximate surface area is 114 Å². The molecule has 1 aromatic rings. The van der Waals surface area contributed by atoms with Crippen LogP contribution in [0.2, 0.25) is 0 Å². The number of nitrogens with zero attached hydrogens (tertiary/aromatic N) is 2. The normalized spacial score (nSPS) is 17.9. The summed E-state index contributed by atoms with van der Waals surface area (Å²) in [5, 5.41) is 3.44. The highest BCUT2D eigenvalue weighted by Gasteiger charge is 2.32. The first-order valence-corrected chi connectivity index (χ1v) is 7.42. The number of hydrogen-bond donors (Lipinski definition) is 1. The first-order chi connectivity index (χ1) is 8.78. The fourth-order valence-corrected chi connectivity index (χ4v) is 3.01. The van der Waals surface area contributed by atoms with Crippen molar-refractivity contribution < 1.29 is 0 Å². The number of halogens is 1. The summed E-state index contributed by atoms with van der Waals surface area (Å²) < 4.78 is 0. The van der Waals surface area contributed by atoms with E-state index in [1.54, 1.807) is 6.33 Å². The second-order valence-electron chi connectivity index (χ2n) is 5.34. The van der Waals surface area contributed by atoms with Crippen LogP contribution in [-0.2, 0) is 6.42 Å². The highest BCUT2D eigenvalue weighted by molar-refractivity contribution is 6.18. The molecule has 3 nitrogen and oxygen atoms in total. The summed E-state index contributed by atoms with van der Waals surface area (Å²) in [6.07, 6.45) is 8.85. The van der Waals surface area contributed by atoms with Crippen LogP contribution in [0, 0.1) is 5.41 Å². The number of alkyl halides is 1. The summed E-state index contributed by atoms with van der Waals surface area (Å²) in [6, 6.07) is 2.06. The number of hydrogen-bond acceptors (Lipinski definition) is 3. The molecule has 1 aromatic heterocycles. The Balaban J connectivity index is 1.94. The molecule has 4 heteroatoms. The Morgan fingerprint density at radius 2 is 2.11 bits per heavy atom. The van der Waals surface area contributed by atoms with E-state index < -0.39 is 0 Å². The van der Waals surface area contributed by atoms with Crippen LogP contribution >= 0.6 is 11.6 Å². The molecule has 0 atom stereocenters. The molecule has 18 heavy (non-hydrogen) atoms. The van der Waals surface area contributed by atoms with Gasteiger partial charge in [-0.3, -0.25) is 0 Å². The van der Waals surface area contributed by atoms with E-state index in [2.05, 4.69) is 28.3 Å². The Morgan fingerprint density at radius 1 is 1.33 bits per heavy atom. The lowest BCUT2D eigenvalue weighted by molar-refractivity contribution is 0.368. The van der Waals surface area contributed by atoms with Gasteiger partial charge in [-0.25, -0.2) is 9.97 Å². The average Bonchev–Trinajstić information content (AvgIpc) is 2.87.